The first-order chi connectivity index (χ1) is 11.1. The third-order valence-electron chi connectivity index (χ3n) is 3.79. The van der Waals surface area contributed by atoms with Crippen molar-refractivity contribution in [2.24, 2.45) is 0 Å². The Morgan fingerprint density at radius 3 is 2.00 bits per heavy atom. The maximum Gasteiger partial charge on any atom is 0.193 e. The molecule has 0 fully saturated rings. The van der Waals surface area contributed by atoms with Crippen LogP contribution in [0.25, 0.3) is 0 Å². The first-order valence-electron chi connectivity index (χ1n) is 7.89. The fraction of sp³-hybridized carbons (Fsp3) is 0.316. The minimum absolute atomic E-state index is 0.0173. The van der Waals surface area contributed by atoms with Crippen molar-refractivity contribution in [1.29, 1.82) is 0 Å². The van der Waals surface area contributed by atoms with Crippen LogP contribution in [0.4, 0.5) is 0 Å². The van der Waals surface area contributed by atoms with E-state index in [1.807, 2.05) is 12.1 Å². The van der Waals surface area contributed by atoms with Gasteiger partial charge in [-0.25, -0.2) is 0 Å². The number of halogens is 1. The average Bonchev–Trinajstić information content (AvgIpc) is 2.59. The Kier molecular flexibility index (Phi) is 6.63. The number of hydrogen-bond donors (Lipinski definition) is 0. The number of benzene rings is 2. The molecule has 2 rings (SSSR count). The molecular formula is C19H22ClNO2. The van der Waals surface area contributed by atoms with Gasteiger partial charge in [0.15, 0.2) is 5.78 Å². The third kappa shape index (κ3) is 5.08. The van der Waals surface area contributed by atoms with Gasteiger partial charge < -0.3 is 9.64 Å². The van der Waals surface area contributed by atoms with Crippen LogP contribution in [-0.2, 0) is 0 Å². The minimum atomic E-state index is -0.0173. The van der Waals surface area contributed by atoms with Crippen molar-refractivity contribution in [3.05, 3.63) is 64.7 Å². The van der Waals surface area contributed by atoms with Crippen LogP contribution in [0.1, 0.15) is 29.8 Å². The van der Waals surface area contributed by atoms with Crippen LogP contribution in [0.3, 0.4) is 0 Å². The van der Waals surface area contributed by atoms with Gasteiger partial charge in [-0.15, -0.1) is 0 Å². The van der Waals surface area contributed by atoms with Crippen LogP contribution in [0, 0.1) is 0 Å². The molecule has 0 unspecified atom stereocenters. The van der Waals surface area contributed by atoms with Crippen molar-refractivity contribution in [3.63, 3.8) is 0 Å². The molecule has 0 aromatic heterocycles. The van der Waals surface area contributed by atoms with Gasteiger partial charge in [0, 0.05) is 22.7 Å². The van der Waals surface area contributed by atoms with E-state index in [2.05, 4.69) is 18.7 Å². The number of rotatable bonds is 8. The molecule has 2 aromatic carbocycles. The van der Waals surface area contributed by atoms with Crippen molar-refractivity contribution < 1.29 is 9.53 Å². The molecule has 0 aliphatic rings. The average molecular weight is 332 g/mol. The number of hydrogen-bond acceptors (Lipinski definition) is 3. The number of carbonyl (C=O) groups is 1. The van der Waals surface area contributed by atoms with E-state index < -0.39 is 0 Å². The van der Waals surface area contributed by atoms with Crippen LogP contribution >= 0.6 is 11.6 Å². The largest absolute Gasteiger partial charge is 0.492 e. The van der Waals surface area contributed by atoms with Gasteiger partial charge in [-0.1, -0.05) is 25.4 Å². The van der Waals surface area contributed by atoms with Gasteiger partial charge in [-0.2, -0.15) is 0 Å². The summed E-state index contributed by atoms with van der Waals surface area (Å²) in [7, 11) is 0. The van der Waals surface area contributed by atoms with Gasteiger partial charge in [-0.3, -0.25) is 4.79 Å². The number of ether oxygens (including phenoxy) is 1. The zero-order valence-electron chi connectivity index (χ0n) is 13.6. The lowest BCUT2D eigenvalue weighted by Crippen LogP contribution is -2.27. The van der Waals surface area contributed by atoms with Crippen LogP contribution in [0.5, 0.6) is 5.75 Å². The fourth-order valence-electron chi connectivity index (χ4n) is 2.30. The quantitative estimate of drug-likeness (QED) is 0.676. The molecular weight excluding hydrogens is 310 g/mol. The maximum atomic E-state index is 12.4. The summed E-state index contributed by atoms with van der Waals surface area (Å²) in [5.41, 5.74) is 1.27. The Labute approximate surface area is 142 Å². The van der Waals surface area contributed by atoms with E-state index in [9.17, 15) is 4.79 Å². The van der Waals surface area contributed by atoms with Crippen LogP contribution < -0.4 is 4.74 Å². The Bertz CT molecular complexity index is 619. The number of likely N-dealkylation sites (N-methyl/N-ethyl adjacent to an activating group) is 1. The van der Waals surface area contributed by atoms with Crippen molar-refractivity contribution in [2.45, 2.75) is 13.8 Å². The first-order valence-corrected chi connectivity index (χ1v) is 8.27. The molecule has 23 heavy (non-hydrogen) atoms. The lowest BCUT2D eigenvalue weighted by atomic mass is 10.0. The second-order valence-corrected chi connectivity index (χ2v) is 5.67. The molecule has 122 valence electrons. The minimum Gasteiger partial charge on any atom is -0.492 e. The van der Waals surface area contributed by atoms with Crippen molar-refractivity contribution in [3.8, 4) is 5.75 Å². The summed E-state index contributed by atoms with van der Waals surface area (Å²) in [4.78, 5) is 14.7. The normalized spacial score (nSPS) is 10.8. The van der Waals surface area contributed by atoms with E-state index >= 15 is 0 Å². The monoisotopic (exact) mass is 331 g/mol. The van der Waals surface area contributed by atoms with Gasteiger partial charge in [0.1, 0.15) is 12.4 Å². The smallest absolute Gasteiger partial charge is 0.193 e. The molecule has 0 aliphatic carbocycles. The summed E-state index contributed by atoms with van der Waals surface area (Å²) in [6.07, 6.45) is 0. The highest BCUT2D eigenvalue weighted by Crippen LogP contribution is 2.17. The van der Waals surface area contributed by atoms with E-state index in [1.165, 1.54) is 0 Å². The van der Waals surface area contributed by atoms with Crippen LogP contribution in [0.15, 0.2) is 48.5 Å². The Balaban J connectivity index is 1.93. The van der Waals surface area contributed by atoms with Gasteiger partial charge in [0.2, 0.25) is 0 Å². The Morgan fingerprint density at radius 1 is 0.957 bits per heavy atom. The number of nitrogens with zero attached hydrogens (tertiary/aromatic N) is 1. The second kappa shape index (κ2) is 8.70. The van der Waals surface area contributed by atoms with Crippen molar-refractivity contribution in [1.82, 2.24) is 4.90 Å². The molecule has 0 N–H and O–H groups in total. The summed E-state index contributed by atoms with van der Waals surface area (Å²) in [6.45, 7) is 7.87. The SMILES string of the molecule is CCN(CC)CCOc1ccc(C(=O)c2ccc(Cl)cc2)cc1. The van der Waals surface area contributed by atoms with Gasteiger partial charge in [-0.05, 0) is 61.6 Å². The number of carbonyl (C=O) groups excluding carboxylic acids is 1. The molecule has 0 radical (unpaired) electrons. The third-order valence-corrected chi connectivity index (χ3v) is 4.05. The Hall–Kier alpha value is -1.84. The highest BCUT2D eigenvalue weighted by Gasteiger charge is 2.09. The molecule has 4 heteroatoms. The van der Waals surface area contributed by atoms with E-state index in [0.717, 1.165) is 25.4 Å². The lowest BCUT2D eigenvalue weighted by molar-refractivity contribution is 0.103. The highest BCUT2D eigenvalue weighted by molar-refractivity contribution is 6.30. The van der Waals surface area contributed by atoms with Gasteiger partial charge in [0.05, 0.1) is 0 Å². The van der Waals surface area contributed by atoms with E-state index in [-0.39, 0.29) is 5.78 Å². The molecule has 0 atom stereocenters. The summed E-state index contributed by atoms with van der Waals surface area (Å²) < 4.78 is 5.73. The number of ketones is 1. The molecule has 0 saturated heterocycles. The zero-order chi connectivity index (χ0) is 16.7. The summed E-state index contributed by atoms with van der Waals surface area (Å²) >= 11 is 5.84. The predicted octanol–water partition coefficient (Wildman–Crippen LogP) is 4.29. The molecule has 0 spiro atoms. The van der Waals surface area contributed by atoms with E-state index in [0.29, 0.717) is 22.8 Å². The van der Waals surface area contributed by atoms with E-state index in [1.54, 1.807) is 36.4 Å². The molecule has 0 amide bonds. The van der Waals surface area contributed by atoms with Crippen LogP contribution in [-0.4, -0.2) is 36.9 Å². The molecule has 0 bridgehead atoms. The maximum absolute atomic E-state index is 12.4. The van der Waals surface area contributed by atoms with Crippen molar-refractivity contribution >= 4 is 17.4 Å². The summed E-state index contributed by atoms with van der Waals surface area (Å²) in [6, 6.07) is 14.2. The fourth-order valence-corrected chi connectivity index (χ4v) is 2.43. The Morgan fingerprint density at radius 2 is 1.48 bits per heavy atom. The standard InChI is InChI=1S/C19H22ClNO2/c1-3-21(4-2)13-14-23-18-11-7-16(8-12-18)19(22)15-5-9-17(20)10-6-15/h5-12H,3-4,13-14H2,1-2H3. The first kappa shape index (κ1) is 17.5. The summed E-state index contributed by atoms with van der Waals surface area (Å²) in [5, 5.41) is 0.624. The zero-order valence-corrected chi connectivity index (χ0v) is 14.3. The van der Waals surface area contributed by atoms with Crippen LogP contribution in [0.2, 0.25) is 5.02 Å². The van der Waals surface area contributed by atoms with E-state index in [4.69, 9.17) is 16.3 Å². The molecule has 0 aliphatic heterocycles. The highest BCUT2D eigenvalue weighted by atomic mass is 35.5. The lowest BCUT2D eigenvalue weighted by Gasteiger charge is -2.18. The second-order valence-electron chi connectivity index (χ2n) is 5.24. The van der Waals surface area contributed by atoms with Gasteiger partial charge >= 0.3 is 0 Å². The molecule has 0 heterocycles. The molecule has 3 nitrogen and oxygen atoms in total. The topological polar surface area (TPSA) is 29.5 Å². The van der Waals surface area contributed by atoms with Crippen molar-refractivity contribution in [2.75, 3.05) is 26.2 Å². The predicted molar refractivity (Wildman–Crippen MR) is 94.6 cm³/mol. The molecule has 0 saturated carbocycles. The van der Waals surface area contributed by atoms with Gasteiger partial charge in [0.25, 0.3) is 0 Å². The molecule has 2 aromatic rings. The summed E-state index contributed by atoms with van der Waals surface area (Å²) in [5.74, 6) is 0.765.